The lowest BCUT2D eigenvalue weighted by Crippen LogP contribution is -2.46. The van der Waals surface area contributed by atoms with E-state index >= 15 is 0 Å². The molecule has 3 atom stereocenters. The number of hydrogen-bond donors (Lipinski definition) is 2. The van der Waals surface area contributed by atoms with Crippen LogP contribution in [0.4, 0.5) is 0 Å². The summed E-state index contributed by atoms with van der Waals surface area (Å²) in [5.41, 5.74) is 0. The van der Waals surface area contributed by atoms with Gasteiger partial charge in [-0.25, -0.2) is 0 Å². The molecule has 0 spiro atoms. The molecular weight excluding hydrogens is 198 g/mol. The SMILES string of the molecule is CNCC(C(C)C)C(NC)C1CCN(C)C1. The second-order valence-electron chi connectivity index (χ2n) is 5.59. The molecule has 0 aliphatic carbocycles. The summed E-state index contributed by atoms with van der Waals surface area (Å²) < 4.78 is 0. The van der Waals surface area contributed by atoms with Crippen molar-refractivity contribution in [3.8, 4) is 0 Å². The smallest absolute Gasteiger partial charge is 0.0148 e. The highest BCUT2D eigenvalue weighted by Gasteiger charge is 2.33. The van der Waals surface area contributed by atoms with Crippen molar-refractivity contribution in [1.29, 1.82) is 0 Å². The molecule has 0 bridgehead atoms. The highest BCUT2D eigenvalue weighted by atomic mass is 15.1. The lowest BCUT2D eigenvalue weighted by Gasteiger charge is -2.34. The number of hydrogen-bond acceptors (Lipinski definition) is 3. The van der Waals surface area contributed by atoms with Crippen LogP contribution < -0.4 is 10.6 Å². The van der Waals surface area contributed by atoms with Crippen molar-refractivity contribution in [3.05, 3.63) is 0 Å². The summed E-state index contributed by atoms with van der Waals surface area (Å²) in [5, 5.41) is 6.91. The fourth-order valence-corrected chi connectivity index (χ4v) is 3.07. The molecule has 1 aliphatic rings. The molecule has 1 saturated heterocycles. The molecule has 1 rings (SSSR count). The molecule has 0 aromatic rings. The first-order valence-corrected chi connectivity index (χ1v) is 6.60. The Hall–Kier alpha value is -0.120. The van der Waals surface area contributed by atoms with Gasteiger partial charge in [-0.05, 0) is 58.4 Å². The first-order valence-electron chi connectivity index (χ1n) is 6.60. The van der Waals surface area contributed by atoms with Crippen LogP contribution in [0.3, 0.4) is 0 Å². The van der Waals surface area contributed by atoms with Crippen molar-refractivity contribution in [1.82, 2.24) is 15.5 Å². The maximum absolute atomic E-state index is 3.56. The molecule has 16 heavy (non-hydrogen) atoms. The molecule has 96 valence electrons. The van der Waals surface area contributed by atoms with E-state index in [2.05, 4.69) is 50.5 Å². The third kappa shape index (κ3) is 3.44. The second kappa shape index (κ2) is 6.58. The number of rotatable bonds is 6. The van der Waals surface area contributed by atoms with Gasteiger partial charge in [0.25, 0.3) is 0 Å². The Labute approximate surface area is 101 Å². The molecule has 3 heteroatoms. The standard InChI is InChI=1S/C13H29N3/c1-10(2)12(8-14-3)13(15-4)11-6-7-16(5)9-11/h10-15H,6-9H2,1-5H3. The van der Waals surface area contributed by atoms with Gasteiger partial charge >= 0.3 is 0 Å². The van der Waals surface area contributed by atoms with Crippen molar-refractivity contribution in [3.63, 3.8) is 0 Å². The van der Waals surface area contributed by atoms with E-state index in [0.29, 0.717) is 6.04 Å². The van der Waals surface area contributed by atoms with Crippen LogP contribution >= 0.6 is 0 Å². The Morgan fingerprint density at radius 1 is 1.31 bits per heavy atom. The molecule has 3 nitrogen and oxygen atoms in total. The Kier molecular flexibility index (Phi) is 5.73. The topological polar surface area (TPSA) is 27.3 Å². The Morgan fingerprint density at radius 3 is 2.38 bits per heavy atom. The Bertz CT molecular complexity index is 194. The molecule has 1 fully saturated rings. The van der Waals surface area contributed by atoms with Crippen LogP contribution in [0.25, 0.3) is 0 Å². The van der Waals surface area contributed by atoms with E-state index in [-0.39, 0.29) is 0 Å². The molecule has 0 amide bonds. The highest BCUT2D eigenvalue weighted by molar-refractivity contribution is 4.89. The quantitative estimate of drug-likeness (QED) is 0.709. The molecule has 0 radical (unpaired) electrons. The van der Waals surface area contributed by atoms with Gasteiger partial charge in [-0.2, -0.15) is 0 Å². The molecule has 1 heterocycles. The molecular formula is C13H29N3. The molecule has 0 aromatic carbocycles. The minimum Gasteiger partial charge on any atom is -0.319 e. The lowest BCUT2D eigenvalue weighted by atomic mass is 9.81. The summed E-state index contributed by atoms with van der Waals surface area (Å²) in [5.74, 6) is 2.28. The van der Waals surface area contributed by atoms with E-state index in [0.717, 1.165) is 24.3 Å². The predicted molar refractivity (Wildman–Crippen MR) is 70.7 cm³/mol. The molecule has 0 saturated carbocycles. The van der Waals surface area contributed by atoms with Crippen LogP contribution in [-0.2, 0) is 0 Å². The van der Waals surface area contributed by atoms with E-state index in [9.17, 15) is 0 Å². The molecule has 3 unspecified atom stereocenters. The van der Waals surface area contributed by atoms with Crippen LogP contribution in [0.15, 0.2) is 0 Å². The third-order valence-corrected chi connectivity index (χ3v) is 4.03. The van der Waals surface area contributed by atoms with Gasteiger partial charge in [0, 0.05) is 12.6 Å². The summed E-state index contributed by atoms with van der Waals surface area (Å²) in [7, 11) is 6.41. The van der Waals surface area contributed by atoms with Gasteiger partial charge in [0.15, 0.2) is 0 Å². The minimum atomic E-state index is 0.650. The van der Waals surface area contributed by atoms with Crippen LogP contribution in [0.1, 0.15) is 20.3 Å². The fraction of sp³-hybridized carbons (Fsp3) is 1.00. The number of nitrogens with zero attached hydrogens (tertiary/aromatic N) is 1. The minimum absolute atomic E-state index is 0.650. The number of likely N-dealkylation sites (tertiary alicyclic amines) is 1. The summed E-state index contributed by atoms with van der Waals surface area (Å²) >= 11 is 0. The Morgan fingerprint density at radius 2 is 2.00 bits per heavy atom. The van der Waals surface area contributed by atoms with E-state index in [4.69, 9.17) is 0 Å². The van der Waals surface area contributed by atoms with Crippen LogP contribution in [0.2, 0.25) is 0 Å². The van der Waals surface area contributed by atoms with Crippen LogP contribution in [0.5, 0.6) is 0 Å². The third-order valence-electron chi connectivity index (χ3n) is 4.03. The molecule has 0 aromatic heterocycles. The summed E-state index contributed by atoms with van der Waals surface area (Å²) in [6, 6.07) is 0.650. The van der Waals surface area contributed by atoms with Crippen molar-refractivity contribution in [2.45, 2.75) is 26.3 Å². The molecule has 2 N–H and O–H groups in total. The summed E-state index contributed by atoms with van der Waals surface area (Å²) in [6.07, 6.45) is 1.34. The summed E-state index contributed by atoms with van der Waals surface area (Å²) in [4.78, 5) is 2.45. The van der Waals surface area contributed by atoms with Gasteiger partial charge in [-0.3, -0.25) is 0 Å². The van der Waals surface area contributed by atoms with Gasteiger partial charge < -0.3 is 15.5 Å². The van der Waals surface area contributed by atoms with E-state index < -0.39 is 0 Å². The number of nitrogens with one attached hydrogen (secondary N) is 2. The van der Waals surface area contributed by atoms with E-state index in [1.807, 2.05) is 0 Å². The van der Waals surface area contributed by atoms with Crippen molar-refractivity contribution >= 4 is 0 Å². The second-order valence-corrected chi connectivity index (χ2v) is 5.59. The largest absolute Gasteiger partial charge is 0.319 e. The first kappa shape index (κ1) is 13.9. The van der Waals surface area contributed by atoms with E-state index in [1.165, 1.54) is 19.5 Å². The van der Waals surface area contributed by atoms with E-state index in [1.54, 1.807) is 0 Å². The zero-order valence-electron chi connectivity index (χ0n) is 11.6. The Balaban J connectivity index is 2.62. The predicted octanol–water partition coefficient (Wildman–Crippen LogP) is 1.02. The zero-order valence-corrected chi connectivity index (χ0v) is 11.6. The monoisotopic (exact) mass is 227 g/mol. The highest BCUT2D eigenvalue weighted by Crippen LogP contribution is 2.26. The zero-order chi connectivity index (χ0) is 12.1. The van der Waals surface area contributed by atoms with Gasteiger partial charge in [-0.1, -0.05) is 13.8 Å². The normalized spacial score (nSPS) is 26.2. The maximum Gasteiger partial charge on any atom is 0.0148 e. The molecule has 1 aliphatic heterocycles. The first-order chi connectivity index (χ1) is 7.60. The van der Waals surface area contributed by atoms with Crippen molar-refractivity contribution in [2.24, 2.45) is 17.8 Å². The fourth-order valence-electron chi connectivity index (χ4n) is 3.07. The van der Waals surface area contributed by atoms with Crippen molar-refractivity contribution < 1.29 is 0 Å². The van der Waals surface area contributed by atoms with Gasteiger partial charge in [0.05, 0.1) is 0 Å². The summed E-state index contributed by atoms with van der Waals surface area (Å²) in [6.45, 7) is 8.30. The van der Waals surface area contributed by atoms with Crippen molar-refractivity contribution in [2.75, 3.05) is 40.8 Å². The maximum atomic E-state index is 3.56. The lowest BCUT2D eigenvalue weighted by molar-refractivity contribution is 0.214. The average Bonchev–Trinajstić information content (AvgIpc) is 2.64. The van der Waals surface area contributed by atoms with Gasteiger partial charge in [-0.15, -0.1) is 0 Å². The van der Waals surface area contributed by atoms with Crippen LogP contribution in [0, 0.1) is 17.8 Å². The van der Waals surface area contributed by atoms with Gasteiger partial charge in [0.2, 0.25) is 0 Å². The van der Waals surface area contributed by atoms with Gasteiger partial charge in [0.1, 0.15) is 0 Å². The van der Waals surface area contributed by atoms with Crippen LogP contribution in [-0.4, -0.2) is 51.7 Å². The average molecular weight is 227 g/mol.